The predicted molar refractivity (Wildman–Crippen MR) is 213 cm³/mol. The molecule has 0 spiro atoms. The van der Waals surface area contributed by atoms with E-state index < -0.39 is 23.7 Å². The normalized spacial score (nSPS) is 17.4. The summed E-state index contributed by atoms with van der Waals surface area (Å²) in [6, 6.07) is 0. The van der Waals surface area contributed by atoms with Crippen LogP contribution in [-0.4, -0.2) is 37.7 Å². The summed E-state index contributed by atoms with van der Waals surface area (Å²) in [5.41, 5.74) is 0. The summed E-state index contributed by atoms with van der Waals surface area (Å²) in [6.07, 6.45) is 38.3. The van der Waals surface area contributed by atoms with Gasteiger partial charge in [-0.15, -0.1) is 0 Å². The van der Waals surface area contributed by atoms with Gasteiger partial charge in [0.25, 0.3) is 0 Å². The van der Waals surface area contributed by atoms with E-state index in [2.05, 4.69) is 20.8 Å². The fourth-order valence-electron chi connectivity index (χ4n) is 7.65. The first-order chi connectivity index (χ1) is 25.1. The van der Waals surface area contributed by atoms with Crippen molar-refractivity contribution in [1.82, 2.24) is 0 Å². The van der Waals surface area contributed by atoms with Gasteiger partial charge >= 0.3 is 17.9 Å². The number of ether oxygens (including phenoxy) is 3. The Labute approximate surface area is 316 Å². The zero-order chi connectivity index (χ0) is 37.0. The molecular weight excluding hydrogens is 636 g/mol. The SMILES string of the molecule is CCCCCCCCCCCCOC(=O)C1CCCC(C(=O)OCCCCCCCCCCCC)C1C(=O)OCCCCCCCCCCCC. The lowest BCUT2D eigenvalue weighted by atomic mass is 9.72. The maximum Gasteiger partial charge on any atom is 0.310 e. The van der Waals surface area contributed by atoms with Gasteiger partial charge in [0, 0.05) is 0 Å². The number of hydrogen-bond donors (Lipinski definition) is 0. The molecule has 0 bridgehead atoms. The van der Waals surface area contributed by atoms with Crippen LogP contribution in [-0.2, 0) is 28.6 Å². The molecule has 0 N–H and O–H groups in total. The van der Waals surface area contributed by atoms with Crippen LogP contribution in [0.2, 0.25) is 0 Å². The summed E-state index contributed by atoms with van der Waals surface area (Å²) >= 11 is 0. The lowest BCUT2D eigenvalue weighted by Crippen LogP contribution is -2.44. The van der Waals surface area contributed by atoms with Crippen LogP contribution in [0, 0.1) is 17.8 Å². The number of carbonyl (C=O) groups excluding carboxylic acids is 3. The van der Waals surface area contributed by atoms with Crippen LogP contribution in [0.15, 0.2) is 0 Å². The van der Waals surface area contributed by atoms with E-state index in [1.54, 1.807) is 0 Å². The minimum Gasteiger partial charge on any atom is -0.465 e. The molecule has 300 valence electrons. The van der Waals surface area contributed by atoms with Gasteiger partial charge in [-0.25, -0.2) is 0 Å². The third kappa shape index (κ3) is 25.9. The van der Waals surface area contributed by atoms with E-state index in [1.807, 2.05) is 0 Å². The number of hydrogen-bond acceptors (Lipinski definition) is 6. The van der Waals surface area contributed by atoms with Gasteiger partial charge in [-0.2, -0.15) is 0 Å². The summed E-state index contributed by atoms with van der Waals surface area (Å²) in [5.74, 6) is -3.22. The first-order valence-electron chi connectivity index (χ1n) is 22.6. The molecule has 6 nitrogen and oxygen atoms in total. The van der Waals surface area contributed by atoms with Crippen LogP contribution in [0.3, 0.4) is 0 Å². The van der Waals surface area contributed by atoms with Gasteiger partial charge < -0.3 is 14.2 Å². The van der Waals surface area contributed by atoms with Crippen molar-refractivity contribution in [3.63, 3.8) is 0 Å². The predicted octanol–water partition coefficient (Wildman–Crippen LogP) is 13.4. The van der Waals surface area contributed by atoms with Crippen LogP contribution in [0.25, 0.3) is 0 Å². The van der Waals surface area contributed by atoms with E-state index in [-0.39, 0.29) is 11.9 Å². The van der Waals surface area contributed by atoms with E-state index in [4.69, 9.17) is 14.2 Å². The van der Waals surface area contributed by atoms with Crippen molar-refractivity contribution in [2.45, 2.75) is 233 Å². The van der Waals surface area contributed by atoms with Crippen molar-refractivity contribution in [1.29, 1.82) is 0 Å². The van der Waals surface area contributed by atoms with Crippen LogP contribution in [0.1, 0.15) is 233 Å². The van der Waals surface area contributed by atoms with Gasteiger partial charge in [-0.05, 0) is 32.1 Å². The molecule has 1 aliphatic carbocycles. The summed E-state index contributed by atoms with van der Waals surface area (Å²) < 4.78 is 17.3. The molecule has 1 saturated carbocycles. The van der Waals surface area contributed by atoms with E-state index in [9.17, 15) is 14.4 Å². The molecule has 1 rings (SSSR count). The minimum absolute atomic E-state index is 0.340. The summed E-state index contributed by atoms with van der Waals surface area (Å²) in [5, 5.41) is 0. The topological polar surface area (TPSA) is 78.9 Å². The summed E-state index contributed by atoms with van der Waals surface area (Å²) in [7, 11) is 0. The maximum atomic E-state index is 13.6. The molecular formula is C45H84O6. The van der Waals surface area contributed by atoms with Crippen LogP contribution >= 0.6 is 0 Å². The molecule has 51 heavy (non-hydrogen) atoms. The van der Waals surface area contributed by atoms with E-state index in [0.717, 1.165) is 57.8 Å². The molecule has 0 amide bonds. The number of rotatable bonds is 36. The molecule has 0 saturated heterocycles. The Morgan fingerprint density at radius 1 is 0.353 bits per heavy atom. The lowest BCUT2D eigenvalue weighted by Gasteiger charge is -2.34. The molecule has 1 aliphatic rings. The minimum atomic E-state index is -0.817. The van der Waals surface area contributed by atoms with Crippen LogP contribution in [0.5, 0.6) is 0 Å². The highest BCUT2D eigenvalue weighted by molar-refractivity contribution is 5.87. The number of carbonyl (C=O) groups is 3. The van der Waals surface area contributed by atoms with E-state index >= 15 is 0 Å². The summed E-state index contributed by atoms with van der Waals surface area (Å²) in [6.45, 7) is 7.84. The third-order valence-corrected chi connectivity index (χ3v) is 11.0. The highest BCUT2D eigenvalue weighted by Gasteiger charge is 2.47. The molecule has 0 heterocycles. The maximum absolute atomic E-state index is 13.6. The first-order valence-corrected chi connectivity index (χ1v) is 22.6. The van der Waals surface area contributed by atoms with Gasteiger partial charge in [0.05, 0.1) is 37.6 Å². The Balaban J connectivity index is 2.53. The zero-order valence-electron chi connectivity index (χ0n) is 34.1. The monoisotopic (exact) mass is 721 g/mol. The van der Waals surface area contributed by atoms with Crippen molar-refractivity contribution < 1.29 is 28.6 Å². The Kier molecular flexibility index (Phi) is 33.0. The van der Waals surface area contributed by atoms with Crippen LogP contribution in [0.4, 0.5) is 0 Å². The number of esters is 3. The van der Waals surface area contributed by atoms with Gasteiger partial charge in [0.15, 0.2) is 0 Å². The highest BCUT2D eigenvalue weighted by atomic mass is 16.5. The van der Waals surface area contributed by atoms with Crippen molar-refractivity contribution in [2.75, 3.05) is 19.8 Å². The lowest BCUT2D eigenvalue weighted by molar-refractivity contribution is -0.172. The Morgan fingerprint density at radius 2 is 0.588 bits per heavy atom. The second-order valence-electron chi connectivity index (χ2n) is 15.7. The molecule has 2 unspecified atom stereocenters. The molecule has 0 aromatic rings. The van der Waals surface area contributed by atoms with Gasteiger partial charge in [-0.1, -0.05) is 201 Å². The Morgan fingerprint density at radius 3 is 0.863 bits per heavy atom. The van der Waals surface area contributed by atoms with Crippen molar-refractivity contribution in [2.24, 2.45) is 17.8 Å². The smallest absolute Gasteiger partial charge is 0.310 e. The molecule has 6 heteroatoms. The van der Waals surface area contributed by atoms with Gasteiger partial charge in [0.2, 0.25) is 0 Å². The molecule has 2 atom stereocenters. The molecule has 0 aromatic heterocycles. The average molecular weight is 721 g/mol. The quantitative estimate of drug-likeness (QED) is 0.0364. The first kappa shape index (κ1) is 47.4. The van der Waals surface area contributed by atoms with Gasteiger partial charge in [0.1, 0.15) is 0 Å². The zero-order valence-corrected chi connectivity index (χ0v) is 34.1. The average Bonchev–Trinajstić information content (AvgIpc) is 3.14. The standard InChI is InChI=1S/C45H84O6/c1-4-7-10-13-16-19-22-25-28-31-37-49-43(46)40-35-34-36-41(44(47)50-38-32-29-26-23-20-17-14-11-8-5-2)42(40)45(48)51-39-33-30-27-24-21-18-15-12-9-6-3/h40-42H,4-39H2,1-3H3. The Bertz CT molecular complexity index is 767. The van der Waals surface area contributed by atoms with Crippen molar-refractivity contribution in [3.05, 3.63) is 0 Å². The molecule has 0 aromatic carbocycles. The fraction of sp³-hybridized carbons (Fsp3) is 0.933. The molecule has 0 radical (unpaired) electrons. The van der Waals surface area contributed by atoms with Gasteiger partial charge in [-0.3, -0.25) is 14.4 Å². The number of unbranched alkanes of at least 4 members (excludes halogenated alkanes) is 27. The molecule has 0 aliphatic heterocycles. The Hall–Kier alpha value is -1.59. The summed E-state index contributed by atoms with van der Waals surface area (Å²) in [4.78, 5) is 40.3. The highest BCUT2D eigenvalue weighted by Crippen LogP contribution is 2.38. The fourth-order valence-corrected chi connectivity index (χ4v) is 7.65. The largest absolute Gasteiger partial charge is 0.465 e. The van der Waals surface area contributed by atoms with Crippen molar-refractivity contribution in [3.8, 4) is 0 Å². The van der Waals surface area contributed by atoms with E-state index in [1.165, 1.54) is 135 Å². The third-order valence-electron chi connectivity index (χ3n) is 11.0. The van der Waals surface area contributed by atoms with E-state index in [0.29, 0.717) is 39.1 Å². The van der Waals surface area contributed by atoms with Crippen molar-refractivity contribution >= 4 is 17.9 Å². The second-order valence-corrected chi connectivity index (χ2v) is 15.7. The second kappa shape index (κ2) is 35.4. The molecule has 1 fully saturated rings. The van der Waals surface area contributed by atoms with Crippen LogP contribution < -0.4 is 0 Å².